The van der Waals surface area contributed by atoms with Crippen molar-refractivity contribution in [1.82, 2.24) is 9.55 Å². The third-order valence-corrected chi connectivity index (χ3v) is 2.47. The maximum atomic E-state index is 11.7. The Morgan fingerprint density at radius 1 is 1.00 bits per heavy atom. The van der Waals surface area contributed by atoms with Crippen LogP contribution in [0.4, 0.5) is 0 Å². The molecule has 0 unspecified atom stereocenters. The minimum atomic E-state index is -0.0146. The lowest BCUT2D eigenvalue weighted by Gasteiger charge is -2.00. The Labute approximate surface area is 86.0 Å². The van der Waals surface area contributed by atoms with E-state index in [4.69, 9.17) is 0 Å². The van der Waals surface area contributed by atoms with E-state index in [0.29, 0.717) is 0 Å². The van der Waals surface area contributed by atoms with Gasteiger partial charge in [0, 0.05) is 17.6 Å². The molecule has 0 saturated heterocycles. The molecular formula is C12H8N2O. The van der Waals surface area contributed by atoms with E-state index >= 15 is 0 Å². The first kappa shape index (κ1) is 8.17. The second-order valence-electron chi connectivity index (χ2n) is 3.40. The molecule has 3 heteroatoms. The summed E-state index contributed by atoms with van der Waals surface area (Å²) in [5, 5.41) is 0.959. The number of nitrogens with zero attached hydrogens (tertiary/aromatic N) is 2. The van der Waals surface area contributed by atoms with Crippen molar-refractivity contribution in [1.29, 1.82) is 0 Å². The van der Waals surface area contributed by atoms with Gasteiger partial charge in [0.2, 0.25) is 0 Å². The number of hydrogen-bond acceptors (Lipinski definition) is 2. The highest BCUT2D eigenvalue weighted by atomic mass is 16.1. The number of aromatic nitrogens is 2. The van der Waals surface area contributed by atoms with Crippen molar-refractivity contribution in [3.05, 3.63) is 59.1 Å². The van der Waals surface area contributed by atoms with Crippen LogP contribution in [0.2, 0.25) is 0 Å². The summed E-state index contributed by atoms with van der Waals surface area (Å²) in [6, 6.07) is 11.1. The topological polar surface area (TPSA) is 34.9 Å². The van der Waals surface area contributed by atoms with Crippen LogP contribution >= 0.6 is 0 Å². The van der Waals surface area contributed by atoms with Crippen LogP contribution in [0.15, 0.2) is 53.6 Å². The summed E-state index contributed by atoms with van der Waals surface area (Å²) in [6.45, 7) is 0. The first-order valence-electron chi connectivity index (χ1n) is 4.71. The van der Waals surface area contributed by atoms with Gasteiger partial charge in [0.25, 0.3) is 5.56 Å². The highest BCUT2D eigenvalue weighted by Crippen LogP contribution is 2.15. The first-order chi connectivity index (χ1) is 7.36. The van der Waals surface area contributed by atoms with Crippen LogP contribution in [0.5, 0.6) is 0 Å². The van der Waals surface area contributed by atoms with Gasteiger partial charge in [0.1, 0.15) is 0 Å². The molecule has 2 aliphatic heterocycles. The quantitative estimate of drug-likeness (QED) is 0.549. The Balaban J connectivity index is 2.63. The van der Waals surface area contributed by atoms with E-state index in [1.807, 2.05) is 24.3 Å². The Bertz CT molecular complexity index is 657. The van der Waals surface area contributed by atoms with Crippen molar-refractivity contribution in [2.75, 3.05) is 0 Å². The van der Waals surface area contributed by atoms with Gasteiger partial charge in [-0.05, 0) is 12.1 Å². The van der Waals surface area contributed by atoms with Crippen LogP contribution in [-0.4, -0.2) is 9.55 Å². The lowest BCUT2D eigenvalue weighted by molar-refractivity contribution is 1.08. The van der Waals surface area contributed by atoms with E-state index in [1.165, 1.54) is 0 Å². The van der Waals surface area contributed by atoms with Gasteiger partial charge in [-0.3, -0.25) is 14.3 Å². The molecule has 0 aromatic heterocycles. The number of fused-ring (bicyclic) bond motifs is 3. The molecule has 15 heavy (non-hydrogen) atoms. The minimum Gasteiger partial charge on any atom is -0.275 e. The fourth-order valence-corrected chi connectivity index (χ4v) is 1.79. The lowest BCUT2D eigenvalue weighted by Crippen LogP contribution is -2.10. The molecule has 0 bridgehead atoms. The van der Waals surface area contributed by atoms with Gasteiger partial charge < -0.3 is 0 Å². The zero-order valence-electron chi connectivity index (χ0n) is 7.92. The fraction of sp³-hybridized carbons (Fsp3) is 0. The van der Waals surface area contributed by atoms with Crippen LogP contribution in [-0.2, 0) is 0 Å². The molecule has 0 radical (unpaired) electrons. The number of para-hydroxylation sites is 1. The Morgan fingerprint density at radius 3 is 2.80 bits per heavy atom. The molecule has 0 amide bonds. The van der Waals surface area contributed by atoms with Crippen LogP contribution < -0.4 is 5.56 Å². The van der Waals surface area contributed by atoms with Crippen LogP contribution in [0.25, 0.3) is 16.6 Å². The summed E-state index contributed by atoms with van der Waals surface area (Å²) >= 11 is 0. The average molecular weight is 196 g/mol. The van der Waals surface area contributed by atoms with Crippen molar-refractivity contribution in [3.8, 4) is 5.69 Å². The summed E-state index contributed by atoms with van der Waals surface area (Å²) in [4.78, 5) is 15.8. The fourth-order valence-electron chi connectivity index (χ4n) is 1.79. The number of rotatable bonds is 0. The van der Waals surface area contributed by atoms with Crippen LogP contribution in [0.3, 0.4) is 0 Å². The van der Waals surface area contributed by atoms with Gasteiger partial charge in [-0.2, -0.15) is 0 Å². The smallest absolute Gasteiger partial charge is 0.255 e. The van der Waals surface area contributed by atoms with E-state index in [0.717, 1.165) is 16.6 Å². The molecule has 0 aliphatic carbocycles. The monoisotopic (exact) mass is 196 g/mol. The Morgan fingerprint density at radius 2 is 1.87 bits per heavy atom. The van der Waals surface area contributed by atoms with E-state index in [2.05, 4.69) is 4.98 Å². The average Bonchev–Trinajstić information content (AvgIpc) is 2.52. The highest BCUT2D eigenvalue weighted by molar-refractivity contribution is 5.79. The predicted octanol–water partition coefficient (Wildman–Crippen LogP) is 1.82. The lowest BCUT2D eigenvalue weighted by atomic mass is 10.2. The summed E-state index contributed by atoms with van der Waals surface area (Å²) in [5.74, 6) is 0. The van der Waals surface area contributed by atoms with Crippen molar-refractivity contribution in [2.45, 2.75) is 0 Å². The molecule has 0 spiro atoms. The first-order valence-corrected chi connectivity index (χ1v) is 4.71. The Kier molecular flexibility index (Phi) is 1.59. The van der Waals surface area contributed by atoms with E-state index < -0.39 is 0 Å². The molecule has 1 aromatic carbocycles. The van der Waals surface area contributed by atoms with E-state index in [-0.39, 0.29) is 5.56 Å². The molecule has 3 nitrogen and oxygen atoms in total. The zero-order valence-corrected chi connectivity index (χ0v) is 7.92. The molecule has 1 aromatic rings. The Hall–Kier alpha value is -2.16. The van der Waals surface area contributed by atoms with Gasteiger partial charge in [-0.15, -0.1) is 0 Å². The number of hydrogen-bond donors (Lipinski definition) is 0. The van der Waals surface area contributed by atoms with Gasteiger partial charge >= 0.3 is 0 Å². The molecule has 0 N–H and O–H groups in total. The second-order valence-corrected chi connectivity index (χ2v) is 3.40. The number of benzene rings is 1. The molecule has 0 saturated carbocycles. The van der Waals surface area contributed by atoms with E-state index in [1.54, 1.807) is 29.1 Å². The normalized spacial score (nSPS) is 10.9. The van der Waals surface area contributed by atoms with E-state index in [9.17, 15) is 4.79 Å². The second kappa shape index (κ2) is 2.92. The molecular weight excluding hydrogens is 188 g/mol. The van der Waals surface area contributed by atoms with Crippen molar-refractivity contribution >= 4 is 10.9 Å². The van der Waals surface area contributed by atoms with Gasteiger partial charge in [-0.1, -0.05) is 18.2 Å². The third-order valence-electron chi connectivity index (χ3n) is 2.47. The minimum absolute atomic E-state index is 0.0146. The SMILES string of the molecule is O=c1ccc2cncc3ccccc3n1-2. The van der Waals surface area contributed by atoms with Gasteiger partial charge in [-0.25, -0.2) is 0 Å². The molecule has 0 fully saturated rings. The molecule has 72 valence electrons. The maximum absolute atomic E-state index is 11.7. The summed E-state index contributed by atoms with van der Waals surface area (Å²) in [7, 11) is 0. The van der Waals surface area contributed by atoms with Gasteiger partial charge in [0.05, 0.1) is 17.4 Å². The molecule has 2 heterocycles. The summed E-state index contributed by atoms with van der Waals surface area (Å²) in [6.07, 6.45) is 3.46. The third kappa shape index (κ3) is 1.13. The van der Waals surface area contributed by atoms with Crippen molar-refractivity contribution < 1.29 is 0 Å². The maximum Gasteiger partial charge on any atom is 0.255 e. The van der Waals surface area contributed by atoms with Crippen molar-refractivity contribution in [2.24, 2.45) is 0 Å². The van der Waals surface area contributed by atoms with Gasteiger partial charge in [0.15, 0.2) is 0 Å². The summed E-state index contributed by atoms with van der Waals surface area (Å²) < 4.78 is 1.67. The molecule has 3 rings (SSSR count). The summed E-state index contributed by atoms with van der Waals surface area (Å²) in [5.41, 5.74) is 1.69. The zero-order chi connectivity index (χ0) is 10.3. The predicted molar refractivity (Wildman–Crippen MR) is 58.5 cm³/mol. The largest absolute Gasteiger partial charge is 0.275 e. The van der Waals surface area contributed by atoms with Crippen molar-refractivity contribution in [3.63, 3.8) is 0 Å². The molecule has 2 aliphatic rings. The van der Waals surface area contributed by atoms with Crippen LogP contribution in [0, 0.1) is 0 Å². The highest BCUT2D eigenvalue weighted by Gasteiger charge is 2.06. The molecule has 0 atom stereocenters. The standard InChI is InChI=1S/C12H8N2O/c15-12-6-5-10-8-13-7-9-3-1-2-4-11(9)14(10)12/h1-8H. The van der Waals surface area contributed by atoms with Crippen LogP contribution in [0.1, 0.15) is 0 Å².